The molecule has 1 aliphatic rings. The lowest BCUT2D eigenvalue weighted by Crippen LogP contribution is -2.30. The third kappa shape index (κ3) is 4.06. The standard InChI is InChI=1S/C23H24N4O2/c1-24-22(28)16-26-15-20(14-25-26)18-9-5-10-19(13-18)23(29)27-12-6-11-21(27)17-7-3-2-4-8-17/h2-5,7-10,13-15,21H,6,11-12,16H2,1H3,(H,24,28)/t21-/m0/s1. The Balaban J connectivity index is 1.55. The van der Waals surface area contributed by atoms with Crippen molar-refractivity contribution in [3.8, 4) is 11.1 Å². The van der Waals surface area contributed by atoms with Crippen molar-refractivity contribution in [3.63, 3.8) is 0 Å². The molecule has 3 aromatic rings. The van der Waals surface area contributed by atoms with E-state index in [1.54, 1.807) is 17.9 Å². The van der Waals surface area contributed by atoms with Crippen molar-refractivity contribution in [2.75, 3.05) is 13.6 Å². The van der Waals surface area contributed by atoms with Gasteiger partial charge in [-0.25, -0.2) is 0 Å². The van der Waals surface area contributed by atoms with Gasteiger partial charge in [0.2, 0.25) is 5.91 Å². The lowest BCUT2D eigenvalue weighted by atomic mass is 10.0. The predicted molar refractivity (Wildman–Crippen MR) is 111 cm³/mol. The van der Waals surface area contributed by atoms with E-state index >= 15 is 0 Å². The molecule has 2 amide bonds. The van der Waals surface area contributed by atoms with Gasteiger partial charge in [0.1, 0.15) is 6.54 Å². The molecule has 0 aliphatic carbocycles. The number of nitrogens with one attached hydrogen (secondary N) is 1. The van der Waals surface area contributed by atoms with Crippen LogP contribution in [0.1, 0.15) is 34.8 Å². The number of rotatable bonds is 5. The number of carbonyl (C=O) groups excluding carboxylic acids is 2. The number of amides is 2. The van der Waals surface area contributed by atoms with Crippen molar-refractivity contribution in [3.05, 3.63) is 78.1 Å². The van der Waals surface area contributed by atoms with E-state index in [4.69, 9.17) is 0 Å². The third-order valence-corrected chi connectivity index (χ3v) is 5.36. The first-order valence-electron chi connectivity index (χ1n) is 9.85. The number of hydrogen-bond acceptors (Lipinski definition) is 3. The second kappa shape index (κ2) is 8.31. The van der Waals surface area contributed by atoms with Gasteiger partial charge in [0.05, 0.1) is 12.2 Å². The number of carbonyl (C=O) groups is 2. The molecular formula is C23H24N4O2. The minimum Gasteiger partial charge on any atom is -0.358 e. The van der Waals surface area contributed by atoms with Crippen LogP contribution in [-0.4, -0.2) is 40.1 Å². The highest BCUT2D eigenvalue weighted by Crippen LogP contribution is 2.33. The van der Waals surface area contributed by atoms with Crippen LogP contribution < -0.4 is 5.32 Å². The molecule has 29 heavy (non-hydrogen) atoms. The van der Waals surface area contributed by atoms with Crippen LogP contribution in [-0.2, 0) is 11.3 Å². The summed E-state index contributed by atoms with van der Waals surface area (Å²) in [6.45, 7) is 0.939. The molecule has 1 aliphatic heterocycles. The molecule has 0 unspecified atom stereocenters. The molecule has 1 aromatic heterocycles. The lowest BCUT2D eigenvalue weighted by molar-refractivity contribution is -0.121. The summed E-state index contributed by atoms with van der Waals surface area (Å²) in [5.74, 6) is -0.0551. The zero-order valence-corrected chi connectivity index (χ0v) is 16.4. The summed E-state index contributed by atoms with van der Waals surface area (Å²) in [6.07, 6.45) is 5.54. The van der Waals surface area contributed by atoms with Crippen molar-refractivity contribution in [1.82, 2.24) is 20.0 Å². The highest BCUT2D eigenvalue weighted by Gasteiger charge is 2.30. The summed E-state index contributed by atoms with van der Waals surface area (Å²) in [6, 6.07) is 18.0. The first kappa shape index (κ1) is 18.9. The molecule has 6 nitrogen and oxygen atoms in total. The zero-order valence-electron chi connectivity index (χ0n) is 16.4. The fourth-order valence-electron chi connectivity index (χ4n) is 3.85. The van der Waals surface area contributed by atoms with Crippen LogP contribution in [0.25, 0.3) is 11.1 Å². The molecule has 148 valence electrons. The Morgan fingerprint density at radius 2 is 1.93 bits per heavy atom. The predicted octanol–water partition coefficient (Wildman–Crippen LogP) is 3.27. The summed E-state index contributed by atoms with van der Waals surface area (Å²) in [4.78, 5) is 26.8. The van der Waals surface area contributed by atoms with Gasteiger partial charge in [-0.15, -0.1) is 0 Å². The van der Waals surface area contributed by atoms with Gasteiger partial charge in [-0.1, -0.05) is 42.5 Å². The van der Waals surface area contributed by atoms with E-state index < -0.39 is 0 Å². The second-order valence-electron chi connectivity index (χ2n) is 7.25. The lowest BCUT2D eigenvalue weighted by Gasteiger charge is -2.25. The van der Waals surface area contributed by atoms with E-state index in [0.717, 1.165) is 30.5 Å². The quantitative estimate of drug-likeness (QED) is 0.729. The average Bonchev–Trinajstić information content (AvgIpc) is 3.44. The summed E-state index contributed by atoms with van der Waals surface area (Å²) in [5.41, 5.74) is 3.65. The van der Waals surface area contributed by atoms with Gasteiger partial charge in [-0.3, -0.25) is 14.3 Å². The minimum atomic E-state index is -0.107. The maximum Gasteiger partial charge on any atom is 0.254 e. The van der Waals surface area contributed by atoms with Gasteiger partial charge in [-0.2, -0.15) is 5.10 Å². The normalized spacial score (nSPS) is 16.0. The molecule has 4 rings (SSSR count). The maximum atomic E-state index is 13.3. The van der Waals surface area contributed by atoms with Gasteiger partial charge in [0, 0.05) is 30.9 Å². The summed E-state index contributed by atoms with van der Waals surface area (Å²) >= 11 is 0. The van der Waals surface area contributed by atoms with Gasteiger partial charge < -0.3 is 10.2 Å². The smallest absolute Gasteiger partial charge is 0.254 e. The maximum absolute atomic E-state index is 13.3. The molecule has 1 atom stereocenters. The molecule has 2 aromatic carbocycles. The Kier molecular flexibility index (Phi) is 5.42. The Bertz CT molecular complexity index is 1010. The molecule has 1 saturated heterocycles. The molecule has 1 fully saturated rings. The van der Waals surface area contributed by atoms with Crippen LogP contribution >= 0.6 is 0 Å². The first-order valence-corrected chi connectivity index (χ1v) is 9.85. The van der Waals surface area contributed by atoms with Gasteiger partial charge in [0.15, 0.2) is 0 Å². The molecule has 0 spiro atoms. The second-order valence-corrected chi connectivity index (χ2v) is 7.25. The van der Waals surface area contributed by atoms with Crippen LogP contribution in [0, 0.1) is 0 Å². The zero-order chi connectivity index (χ0) is 20.2. The molecule has 0 saturated carbocycles. The number of benzene rings is 2. The van der Waals surface area contributed by atoms with E-state index in [0.29, 0.717) is 5.56 Å². The van der Waals surface area contributed by atoms with Crippen LogP contribution in [0.2, 0.25) is 0 Å². The number of hydrogen-bond donors (Lipinski definition) is 1. The minimum absolute atomic E-state index is 0.0518. The van der Waals surface area contributed by atoms with E-state index in [-0.39, 0.29) is 24.4 Å². The van der Waals surface area contributed by atoms with Gasteiger partial charge in [-0.05, 0) is 36.1 Å². The highest BCUT2D eigenvalue weighted by atomic mass is 16.2. The number of likely N-dealkylation sites (tertiary alicyclic amines) is 1. The average molecular weight is 388 g/mol. The van der Waals surface area contributed by atoms with Gasteiger partial charge in [0.25, 0.3) is 5.91 Å². The molecule has 6 heteroatoms. The SMILES string of the molecule is CNC(=O)Cn1cc(-c2cccc(C(=O)N3CCC[C@H]3c3ccccc3)c2)cn1. The van der Waals surface area contributed by atoms with Gasteiger partial charge >= 0.3 is 0 Å². The summed E-state index contributed by atoms with van der Waals surface area (Å²) in [5, 5.41) is 6.83. The van der Waals surface area contributed by atoms with E-state index in [1.165, 1.54) is 5.56 Å². The van der Waals surface area contributed by atoms with Crippen molar-refractivity contribution in [1.29, 1.82) is 0 Å². The van der Waals surface area contributed by atoms with Crippen molar-refractivity contribution >= 4 is 11.8 Å². The van der Waals surface area contributed by atoms with Crippen molar-refractivity contribution in [2.45, 2.75) is 25.4 Å². The number of likely N-dealkylation sites (N-methyl/N-ethyl adjacent to an activating group) is 1. The third-order valence-electron chi connectivity index (χ3n) is 5.36. The van der Waals surface area contributed by atoms with E-state index in [2.05, 4.69) is 22.5 Å². The molecule has 0 bridgehead atoms. The van der Waals surface area contributed by atoms with Crippen LogP contribution in [0.15, 0.2) is 67.0 Å². The Morgan fingerprint density at radius 3 is 2.72 bits per heavy atom. The number of aromatic nitrogens is 2. The van der Waals surface area contributed by atoms with E-state index in [9.17, 15) is 9.59 Å². The Hall–Kier alpha value is -3.41. The molecule has 2 heterocycles. The summed E-state index contributed by atoms with van der Waals surface area (Å²) < 4.78 is 1.59. The Labute approximate surface area is 170 Å². The Morgan fingerprint density at radius 1 is 1.10 bits per heavy atom. The van der Waals surface area contributed by atoms with Crippen LogP contribution in [0.4, 0.5) is 0 Å². The topological polar surface area (TPSA) is 67.2 Å². The molecule has 0 radical (unpaired) electrons. The number of nitrogens with zero attached hydrogens (tertiary/aromatic N) is 3. The summed E-state index contributed by atoms with van der Waals surface area (Å²) in [7, 11) is 1.60. The van der Waals surface area contributed by atoms with Crippen molar-refractivity contribution in [2.24, 2.45) is 0 Å². The van der Waals surface area contributed by atoms with E-state index in [1.807, 2.05) is 53.6 Å². The monoisotopic (exact) mass is 388 g/mol. The van der Waals surface area contributed by atoms with Crippen LogP contribution in [0.5, 0.6) is 0 Å². The fourth-order valence-corrected chi connectivity index (χ4v) is 3.85. The largest absolute Gasteiger partial charge is 0.358 e. The fraction of sp³-hybridized carbons (Fsp3) is 0.261. The van der Waals surface area contributed by atoms with Crippen LogP contribution in [0.3, 0.4) is 0 Å². The molecule has 1 N–H and O–H groups in total. The first-order chi connectivity index (χ1) is 14.2. The molecular weight excluding hydrogens is 364 g/mol. The highest BCUT2D eigenvalue weighted by molar-refractivity contribution is 5.96. The van der Waals surface area contributed by atoms with Crippen molar-refractivity contribution < 1.29 is 9.59 Å².